The lowest BCUT2D eigenvalue weighted by Crippen LogP contribution is -2.35. The molecule has 2 aliphatic rings. The van der Waals surface area contributed by atoms with Crippen LogP contribution in [0.2, 0.25) is 5.02 Å². The van der Waals surface area contributed by atoms with E-state index in [1.807, 2.05) is 36.1 Å². The monoisotopic (exact) mass is 640 g/mol. The van der Waals surface area contributed by atoms with Gasteiger partial charge in [-0.25, -0.2) is 0 Å². The standard InChI is InChI=1S/C31H34N2O5.C7H7Cl/c1-37-27-10-6-9-25-26(34)19-28(38-30(25)27)31(36)32-17-16-21-12-14-22(15-13-21)24-8-3-2-7-23(24)20-33-18-5-4-11-29(33)35;1-6-2-4-7(8)5-3-6/h2-3,6-10,16,19,22H,4-5,11-15,17-18,20H2,1H3,(H,32,36);2-5H,1H3. The van der Waals surface area contributed by atoms with E-state index < -0.39 is 5.91 Å². The van der Waals surface area contributed by atoms with Crippen molar-refractivity contribution in [2.75, 3.05) is 20.2 Å². The zero-order chi connectivity index (χ0) is 32.5. The number of carbonyl (C=O) groups is 2. The quantitative estimate of drug-likeness (QED) is 0.207. The highest BCUT2D eigenvalue weighted by atomic mass is 35.5. The van der Waals surface area contributed by atoms with Crippen molar-refractivity contribution in [3.05, 3.63) is 122 Å². The normalized spacial score (nSPS) is 16.4. The molecule has 1 aliphatic carbocycles. The first-order chi connectivity index (χ1) is 22.3. The number of carbonyl (C=O) groups excluding carboxylic acids is 2. The molecule has 1 aliphatic heterocycles. The van der Waals surface area contributed by atoms with Gasteiger partial charge in [-0.05, 0) is 86.8 Å². The van der Waals surface area contributed by atoms with Crippen LogP contribution in [0.4, 0.5) is 0 Å². The summed E-state index contributed by atoms with van der Waals surface area (Å²) in [5.41, 5.74) is 5.19. The third-order valence-corrected chi connectivity index (χ3v) is 8.98. The maximum atomic E-state index is 12.7. The highest BCUT2D eigenvalue weighted by Gasteiger charge is 2.24. The second-order valence-electron chi connectivity index (χ2n) is 11.9. The lowest BCUT2D eigenvalue weighted by atomic mass is 9.79. The summed E-state index contributed by atoms with van der Waals surface area (Å²) in [6, 6.07) is 22.6. The number of benzene rings is 3. The number of allylic oxidation sites excluding steroid dienone is 1. The number of aryl methyl sites for hydroxylation is 1. The zero-order valence-electron chi connectivity index (χ0n) is 26.5. The summed E-state index contributed by atoms with van der Waals surface area (Å²) in [5.74, 6) is 0.695. The second-order valence-corrected chi connectivity index (χ2v) is 12.4. The summed E-state index contributed by atoms with van der Waals surface area (Å²) >= 11 is 5.61. The number of hydrogen-bond acceptors (Lipinski definition) is 5. The number of fused-ring (bicyclic) bond motifs is 1. The molecule has 7 nitrogen and oxygen atoms in total. The van der Waals surface area contributed by atoms with Gasteiger partial charge in [-0.1, -0.05) is 71.3 Å². The van der Waals surface area contributed by atoms with Crippen molar-refractivity contribution in [3.8, 4) is 5.75 Å². The van der Waals surface area contributed by atoms with Crippen LogP contribution in [0.1, 0.15) is 78.1 Å². The predicted molar refractivity (Wildman–Crippen MR) is 183 cm³/mol. The summed E-state index contributed by atoms with van der Waals surface area (Å²) in [4.78, 5) is 39.5. The Morgan fingerprint density at radius 1 is 1.00 bits per heavy atom. The predicted octanol–water partition coefficient (Wildman–Crippen LogP) is 7.98. The van der Waals surface area contributed by atoms with Gasteiger partial charge in [0.15, 0.2) is 22.5 Å². The van der Waals surface area contributed by atoms with Crippen LogP contribution in [0.15, 0.2) is 93.7 Å². The molecule has 1 N–H and O–H groups in total. The number of halogens is 1. The summed E-state index contributed by atoms with van der Waals surface area (Å²) in [7, 11) is 1.50. The molecule has 1 saturated heterocycles. The molecule has 1 saturated carbocycles. The van der Waals surface area contributed by atoms with E-state index in [1.165, 1.54) is 35.4 Å². The summed E-state index contributed by atoms with van der Waals surface area (Å²) in [6.45, 7) is 3.97. The van der Waals surface area contributed by atoms with Gasteiger partial charge in [0.05, 0.1) is 12.5 Å². The van der Waals surface area contributed by atoms with Crippen molar-refractivity contribution in [1.82, 2.24) is 10.2 Å². The molecule has 3 aromatic carbocycles. The fourth-order valence-electron chi connectivity index (χ4n) is 6.15. The largest absolute Gasteiger partial charge is 0.493 e. The first-order valence-electron chi connectivity index (χ1n) is 16.0. The van der Waals surface area contributed by atoms with E-state index in [2.05, 4.69) is 35.7 Å². The molecule has 0 spiro atoms. The molecule has 4 aromatic rings. The van der Waals surface area contributed by atoms with Crippen molar-refractivity contribution < 1.29 is 18.7 Å². The highest BCUT2D eigenvalue weighted by Crippen LogP contribution is 2.37. The summed E-state index contributed by atoms with van der Waals surface area (Å²) in [5, 5.41) is 4.03. The first-order valence-corrected chi connectivity index (χ1v) is 16.3. The van der Waals surface area contributed by atoms with Gasteiger partial charge in [0, 0.05) is 37.1 Å². The van der Waals surface area contributed by atoms with E-state index in [4.69, 9.17) is 20.8 Å². The van der Waals surface area contributed by atoms with Gasteiger partial charge in [-0.2, -0.15) is 0 Å². The van der Waals surface area contributed by atoms with Crippen LogP contribution >= 0.6 is 11.6 Å². The topological polar surface area (TPSA) is 88.9 Å². The van der Waals surface area contributed by atoms with Gasteiger partial charge < -0.3 is 19.4 Å². The number of nitrogens with zero attached hydrogens (tertiary/aromatic N) is 1. The van der Waals surface area contributed by atoms with Gasteiger partial charge in [0.1, 0.15) is 0 Å². The molecule has 1 aromatic heterocycles. The molecule has 6 rings (SSSR count). The maximum absolute atomic E-state index is 12.7. The molecular weight excluding hydrogens is 600 g/mol. The van der Waals surface area contributed by atoms with E-state index in [0.29, 0.717) is 36.6 Å². The van der Waals surface area contributed by atoms with Crippen molar-refractivity contribution in [2.24, 2.45) is 0 Å². The second kappa shape index (κ2) is 15.8. The molecule has 240 valence electrons. The smallest absolute Gasteiger partial charge is 0.287 e. The number of nitrogens with one attached hydrogen (secondary N) is 1. The van der Waals surface area contributed by atoms with Crippen molar-refractivity contribution in [1.29, 1.82) is 0 Å². The molecule has 0 radical (unpaired) electrons. The van der Waals surface area contributed by atoms with Crippen molar-refractivity contribution in [3.63, 3.8) is 0 Å². The van der Waals surface area contributed by atoms with Crippen molar-refractivity contribution >= 4 is 34.4 Å². The van der Waals surface area contributed by atoms with Gasteiger partial charge in [-0.3, -0.25) is 14.4 Å². The van der Waals surface area contributed by atoms with Crippen LogP contribution in [-0.2, 0) is 11.3 Å². The Hall–Kier alpha value is -4.36. The number of methoxy groups -OCH3 is 1. The number of ether oxygens (including phenoxy) is 1. The Labute approximate surface area is 275 Å². The van der Waals surface area contributed by atoms with Crippen molar-refractivity contribution in [2.45, 2.75) is 64.3 Å². The van der Waals surface area contributed by atoms with Crippen LogP contribution in [-0.4, -0.2) is 36.9 Å². The Kier molecular flexibility index (Phi) is 11.3. The minimum Gasteiger partial charge on any atom is -0.493 e. The molecule has 0 unspecified atom stereocenters. The SMILES string of the molecule is COc1cccc2c(=O)cc(C(=O)NCC=C3CCC(c4ccccc4CN4CCCCC4=O)CC3)oc12.Cc1ccc(Cl)cc1. The lowest BCUT2D eigenvalue weighted by molar-refractivity contribution is -0.133. The Morgan fingerprint density at radius 3 is 2.48 bits per heavy atom. The lowest BCUT2D eigenvalue weighted by Gasteiger charge is -2.30. The van der Waals surface area contributed by atoms with E-state index in [0.717, 1.165) is 50.1 Å². The molecule has 2 fully saturated rings. The Morgan fingerprint density at radius 2 is 1.76 bits per heavy atom. The number of hydrogen-bond donors (Lipinski definition) is 1. The number of para-hydroxylation sites is 1. The van der Waals surface area contributed by atoms with Crippen LogP contribution < -0.4 is 15.5 Å². The highest BCUT2D eigenvalue weighted by molar-refractivity contribution is 6.30. The Bertz CT molecular complexity index is 1730. The molecule has 2 amide bonds. The summed E-state index contributed by atoms with van der Waals surface area (Å²) in [6.07, 6.45) is 8.86. The van der Waals surface area contributed by atoms with E-state index in [9.17, 15) is 14.4 Å². The molecule has 2 heterocycles. The Balaban J connectivity index is 0.000000455. The number of rotatable bonds is 7. The third kappa shape index (κ3) is 8.46. The van der Waals surface area contributed by atoms with Gasteiger partial charge >= 0.3 is 0 Å². The average Bonchev–Trinajstić information content (AvgIpc) is 3.08. The van der Waals surface area contributed by atoms with Gasteiger partial charge in [-0.15, -0.1) is 0 Å². The van der Waals surface area contributed by atoms with Crippen LogP contribution in [0, 0.1) is 6.92 Å². The van der Waals surface area contributed by atoms with Crippen LogP contribution in [0.3, 0.4) is 0 Å². The minimum absolute atomic E-state index is 0.0297. The van der Waals surface area contributed by atoms with Gasteiger partial charge in [0.2, 0.25) is 5.91 Å². The molecule has 0 atom stereocenters. The molecule has 0 bridgehead atoms. The number of likely N-dealkylation sites (tertiary alicyclic amines) is 1. The first kappa shape index (κ1) is 33.0. The third-order valence-electron chi connectivity index (χ3n) is 8.73. The van der Waals surface area contributed by atoms with E-state index in [-0.39, 0.29) is 22.7 Å². The molecule has 8 heteroatoms. The van der Waals surface area contributed by atoms with Gasteiger partial charge in [0.25, 0.3) is 5.91 Å². The summed E-state index contributed by atoms with van der Waals surface area (Å²) < 4.78 is 11.0. The fraction of sp³-hybridized carbons (Fsp3) is 0.342. The average molecular weight is 641 g/mol. The van der Waals surface area contributed by atoms with E-state index >= 15 is 0 Å². The number of amides is 2. The zero-order valence-corrected chi connectivity index (χ0v) is 27.3. The molecular formula is C38H41ClN2O5. The number of piperidine rings is 1. The van der Waals surface area contributed by atoms with Crippen LogP contribution in [0.5, 0.6) is 5.75 Å². The molecule has 46 heavy (non-hydrogen) atoms. The fourth-order valence-corrected chi connectivity index (χ4v) is 6.27. The van der Waals surface area contributed by atoms with Crippen LogP contribution in [0.25, 0.3) is 11.0 Å². The minimum atomic E-state index is -0.429. The maximum Gasteiger partial charge on any atom is 0.287 e. The van der Waals surface area contributed by atoms with E-state index in [1.54, 1.807) is 18.2 Å².